The number of nitrogens with one attached hydrogen (secondary N) is 1. The van der Waals surface area contributed by atoms with Crippen molar-refractivity contribution < 1.29 is 13.2 Å². The van der Waals surface area contributed by atoms with Crippen LogP contribution in [0.15, 0.2) is 77.9 Å². The minimum atomic E-state index is -3.53. The fraction of sp³-hybridized carbons (Fsp3) is 0.130. The normalized spacial score (nSPS) is 11.5. The van der Waals surface area contributed by atoms with Gasteiger partial charge in [0.25, 0.3) is 5.91 Å². The van der Waals surface area contributed by atoms with E-state index in [1.54, 1.807) is 54.7 Å². The number of nitrogens with zero attached hydrogens (tertiary/aromatic N) is 2. The first kappa shape index (κ1) is 22.5. The highest BCUT2D eigenvalue weighted by atomic mass is 35.5. The zero-order chi connectivity index (χ0) is 22.4. The number of benzene rings is 3. The summed E-state index contributed by atoms with van der Waals surface area (Å²) in [6, 6.07) is 21.0. The minimum Gasteiger partial charge on any atom is -0.267 e. The topological polar surface area (TPSA) is 78.8 Å². The molecule has 0 bridgehead atoms. The number of aryl methyl sites for hydroxylation is 1. The zero-order valence-corrected chi connectivity index (χ0v) is 18.7. The van der Waals surface area contributed by atoms with Gasteiger partial charge < -0.3 is 0 Å². The summed E-state index contributed by atoms with van der Waals surface area (Å²) in [6.07, 6.45) is 2.70. The Morgan fingerprint density at radius 3 is 2.19 bits per heavy atom. The molecule has 0 radical (unpaired) electrons. The number of hydrazone groups is 1. The minimum absolute atomic E-state index is 0.155. The second-order valence-electron chi connectivity index (χ2n) is 7.05. The van der Waals surface area contributed by atoms with Crippen LogP contribution in [0, 0.1) is 6.92 Å². The summed E-state index contributed by atoms with van der Waals surface area (Å²) in [6.45, 7) is 2.15. The highest BCUT2D eigenvalue weighted by molar-refractivity contribution is 7.92. The van der Waals surface area contributed by atoms with E-state index in [4.69, 9.17) is 11.6 Å². The number of anilines is 1. The average molecular weight is 456 g/mol. The SMILES string of the molecule is Cc1ccc(/C=N/NC(=O)c2ccc(N(Cc3ccc(Cl)cc3)S(C)(=O)=O)cc2)cc1. The monoisotopic (exact) mass is 455 g/mol. The molecular formula is C23H22ClN3O3S. The molecule has 0 aromatic heterocycles. The number of sulfonamides is 1. The van der Waals surface area contributed by atoms with Gasteiger partial charge in [-0.2, -0.15) is 5.10 Å². The summed E-state index contributed by atoms with van der Waals surface area (Å²) in [5, 5.41) is 4.54. The van der Waals surface area contributed by atoms with E-state index in [0.717, 1.165) is 22.9 Å². The van der Waals surface area contributed by atoms with Gasteiger partial charge in [0.2, 0.25) is 10.0 Å². The van der Waals surface area contributed by atoms with Crippen molar-refractivity contribution in [3.8, 4) is 0 Å². The van der Waals surface area contributed by atoms with E-state index in [1.165, 1.54) is 4.31 Å². The molecule has 0 heterocycles. The summed E-state index contributed by atoms with van der Waals surface area (Å²) < 4.78 is 25.9. The fourth-order valence-corrected chi connectivity index (χ4v) is 3.83. The maximum atomic E-state index is 12.3. The molecule has 1 N–H and O–H groups in total. The lowest BCUT2D eigenvalue weighted by molar-refractivity contribution is 0.0955. The Hall–Kier alpha value is -3.16. The molecule has 0 saturated heterocycles. The van der Waals surface area contributed by atoms with E-state index >= 15 is 0 Å². The lowest BCUT2D eigenvalue weighted by Gasteiger charge is -2.22. The molecule has 8 heteroatoms. The van der Waals surface area contributed by atoms with Crippen LogP contribution in [-0.2, 0) is 16.6 Å². The van der Waals surface area contributed by atoms with Crippen LogP contribution < -0.4 is 9.73 Å². The first-order valence-corrected chi connectivity index (χ1v) is 11.7. The standard InChI is InChI=1S/C23H22ClN3O3S/c1-17-3-5-18(6-4-17)15-25-26-23(28)20-9-13-22(14-10-20)27(31(2,29)30)16-19-7-11-21(24)12-8-19/h3-15H,16H2,1-2H3,(H,26,28)/b25-15+. The predicted molar refractivity (Wildman–Crippen MR) is 125 cm³/mol. The van der Waals surface area contributed by atoms with Crippen LogP contribution in [0.1, 0.15) is 27.0 Å². The number of hydrogen-bond donors (Lipinski definition) is 1. The Bertz CT molecular complexity index is 1170. The third-order valence-electron chi connectivity index (χ3n) is 4.51. The van der Waals surface area contributed by atoms with E-state index in [9.17, 15) is 13.2 Å². The summed E-state index contributed by atoms with van der Waals surface area (Å²) in [7, 11) is -3.53. The molecule has 6 nitrogen and oxygen atoms in total. The van der Waals surface area contributed by atoms with E-state index in [-0.39, 0.29) is 6.54 Å². The molecule has 0 aliphatic carbocycles. The van der Waals surface area contributed by atoms with E-state index < -0.39 is 15.9 Å². The van der Waals surface area contributed by atoms with Crippen molar-refractivity contribution in [1.29, 1.82) is 0 Å². The Morgan fingerprint density at radius 2 is 1.61 bits per heavy atom. The molecule has 1 amide bonds. The van der Waals surface area contributed by atoms with Crippen LogP contribution in [0.25, 0.3) is 0 Å². The number of carbonyl (C=O) groups is 1. The number of rotatable bonds is 7. The van der Waals surface area contributed by atoms with Gasteiger partial charge in [0.1, 0.15) is 0 Å². The van der Waals surface area contributed by atoms with Crippen LogP contribution in [-0.4, -0.2) is 26.8 Å². The molecule has 160 valence electrons. The lowest BCUT2D eigenvalue weighted by atomic mass is 10.2. The van der Waals surface area contributed by atoms with Crippen LogP contribution in [0.3, 0.4) is 0 Å². The summed E-state index contributed by atoms with van der Waals surface area (Å²) in [5.41, 5.74) is 6.09. The molecule has 0 spiro atoms. The van der Waals surface area contributed by atoms with Gasteiger partial charge in [0.05, 0.1) is 24.7 Å². The molecule has 31 heavy (non-hydrogen) atoms. The van der Waals surface area contributed by atoms with Gasteiger partial charge in [-0.3, -0.25) is 9.10 Å². The van der Waals surface area contributed by atoms with Crippen LogP contribution in [0.2, 0.25) is 5.02 Å². The summed E-state index contributed by atoms with van der Waals surface area (Å²) in [4.78, 5) is 12.3. The van der Waals surface area contributed by atoms with Crippen molar-refractivity contribution >= 4 is 39.4 Å². The Morgan fingerprint density at radius 1 is 1.00 bits per heavy atom. The molecule has 3 aromatic carbocycles. The van der Waals surface area contributed by atoms with Gasteiger partial charge >= 0.3 is 0 Å². The van der Waals surface area contributed by atoms with Crippen LogP contribution >= 0.6 is 11.6 Å². The first-order chi connectivity index (χ1) is 14.7. The van der Waals surface area contributed by atoms with Crippen molar-refractivity contribution in [2.75, 3.05) is 10.6 Å². The van der Waals surface area contributed by atoms with Gasteiger partial charge in [0.15, 0.2) is 0 Å². The zero-order valence-electron chi connectivity index (χ0n) is 17.1. The third kappa shape index (κ3) is 6.41. The molecule has 3 aromatic rings. The van der Waals surface area contributed by atoms with E-state index in [1.807, 2.05) is 31.2 Å². The Labute approximate surface area is 187 Å². The first-order valence-electron chi connectivity index (χ1n) is 9.45. The molecular weight excluding hydrogens is 434 g/mol. The molecule has 0 aliphatic heterocycles. The van der Waals surface area contributed by atoms with Crippen molar-refractivity contribution in [1.82, 2.24) is 5.43 Å². The second kappa shape index (κ2) is 9.76. The second-order valence-corrected chi connectivity index (χ2v) is 9.40. The van der Waals surface area contributed by atoms with Crippen LogP contribution in [0.5, 0.6) is 0 Å². The van der Waals surface area contributed by atoms with Gasteiger partial charge in [0, 0.05) is 10.6 Å². The highest BCUT2D eigenvalue weighted by Crippen LogP contribution is 2.22. The number of hydrogen-bond acceptors (Lipinski definition) is 4. The molecule has 0 unspecified atom stereocenters. The average Bonchev–Trinajstić information content (AvgIpc) is 2.74. The van der Waals surface area contributed by atoms with Crippen molar-refractivity contribution in [3.63, 3.8) is 0 Å². The van der Waals surface area contributed by atoms with Gasteiger partial charge in [-0.1, -0.05) is 53.6 Å². The highest BCUT2D eigenvalue weighted by Gasteiger charge is 2.18. The van der Waals surface area contributed by atoms with Crippen molar-refractivity contribution in [2.24, 2.45) is 5.10 Å². The molecule has 0 saturated carbocycles. The van der Waals surface area contributed by atoms with Gasteiger partial charge in [-0.25, -0.2) is 13.8 Å². The third-order valence-corrected chi connectivity index (χ3v) is 5.91. The molecule has 0 atom stereocenters. The number of halogens is 1. The quantitative estimate of drug-likeness (QED) is 0.424. The van der Waals surface area contributed by atoms with E-state index in [0.29, 0.717) is 16.3 Å². The number of amides is 1. The van der Waals surface area contributed by atoms with Crippen LogP contribution in [0.4, 0.5) is 5.69 Å². The fourth-order valence-electron chi connectivity index (χ4n) is 2.82. The van der Waals surface area contributed by atoms with E-state index in [2.05, 4.69) is 10.5 Å². The predicted octanol–water partition coefficient (Wildman–Crippen LogP) is 4.38. The van der Waals surface area contributed by atoms with Gasteiger partial charge in [-0.15, -0.1) is 0 Å². The van der Waals surface area contributed by atoms with Crippen molar-refractivity contribution in [3.05, 3.63) is 100 Å². The smallest absolute Gasteiger partial charge is 0.267 e. The Balaban J connectivity index is 1.70. The molecule has 0 fully saturated rings. The maximum Gasteiger partial charge on any atom is 0.271 e. The van der Waals surface area contributed by atoms with Gasteiger partial charge in [-0.05, 0) is 54.4 Å². The summed E-state index contributed by atoms with van der Waals surface area (Å²) in [5.74, 6) is -0.390. The summed E-state index contributed by atoms with van der Waals surface area (Å²) >= 11 is 5.90. The molecule has 0 aliphatic rings. The lowest BCUT2D eigenvalue weighted by Crippen LogP contribution is -2.29. The Kier molecular flexibility index (Phi) is 7.09. The maximum absolute atomic E-state index is 12.3. The molecule has 3 rings (SSSR count). The largest absolute Gasteiger partial charge is 0.271 e. The number of carbonyl (C=O) groups excluding carboxylic acids is 1. The van der Waals surface area contributed by atoms with Crippen molar-refractivity contribution in [2.45, 2.75) is 13.5 Å².